The van der Waals surface area contributed by atoms with Gasteiger partial charge in [0.05, 0.1) is 23.8 Å². The van der Waals surface area contributed by atoms with Crippen molar-refractivity contribution in [3.05, 3.63) is 42.1 Å². The fraction of sp³-hybridized carbons (Fsp3) is 0.476. The highest BCUT2D eigenvalue weighted by atomic mass is 32.2. The van der Waals surface area contributed by atoms with Crippen molar-refractivity contribution >= 4 is 10.0 Å². The lowest BCUT2D eigenvalue weighted by molar-refractivity contribution is -0.274. The molecule has 2 heterocycles. The molecule has 0 radical (unpaired) electrons. The largest absolute Gasteiger partial charge is 0.573 e. The molecular formula is C21H26F3N3O4S. The number of aromatic nitrogens is 1. The van der Waals surface area contributed by atoms with Crippen LogP contribution in [0.2, 0.25) is 0 Å². The summed E-state index contributed by atoms with van der Waals surface area (Å²) in [5.74, 6) is -0.526. The standard InChI is InChI=1S/C21H26F3N3O4S/c1-20(2,3)26-32(28,29)19-7-5-16(31-21(22,23)24)12-17(19)18-6-4-15(13-25-18)14-27-8-10-30-11-9-27/h4-7,12-13,26H,8-11,14H2,1-3H3. The van der Waals surface area contributed by atoms with Gasteiger partial charge >= 0.3 is 6.36 Å². The highest BCUT2D eigenvalue weighted by Gasteiger charge is 2.32. The number of halogens is 3. The maximum Gasteiger partial charge on any atom is 0.573 e. The Kier molecular flexibility index (Phi) is 7.13. The van der Waals surface area contributed by atoms with Crippen LogP contribution in [-0.2, 0) is 21.3 Å². The first kappa shape index (κ1) is 24.4. The van der Waals surface area contributed by atoms with Crippen molar-refractivity contribution in [2.24, 2.45) is 0 Å². The van der Waals surface area contributed by atoms with E-state index in [1.54, 1.807) is 39.1 Å². The van der Waals surface area contributed by atoms with Crippen LogP contribution in [0.4, 0.5) is 13.2 Å². The van der Waals surface area contributed by atoms with Crippen molar-refractivity contribution < 1.29 is 31.1 Å². The number of hydrogen-bond acceptors (Lipinski definition) is 6. The Balaban J connectivity index is 1.97. The Hall–Kier alpha value is -2.21. The molecule has 0 unspecified atom stereocenters. The molecule has 1 fully saturated rings. The normalized spacial score (nSPS) is 16.2. The summed E-state index contributed by atoms with van der Waals surface area (Å²) in [5.41, 5.74) is 0.349. The van der Waals surface area contributed by atoms with Gasteiger partial charge in [-0.05, 0) is 50.6 Å². The number of nitrogens with one attached hydrogen (secondary N) is 1. The molecule has 1 aromatic carbocycles. The average Bonchev–Trinajstić information content (AvgIpc) is 2.66. The number of ether oxygens (including phenoxy) is 2. The van der Waals surface area contributed by atoms with Crippen molar-refractivity contribution in [1.29, 1.82) is 0 Å². The van der Waals surface area contributed by atoms with Crippen molar-refractivity contribution in [2.75, 3.05) is 26.3 Å². The van der Waals surface area contributed by atoms with Gasteiger partial charge in [0, 0.05) is 36.9 Å². The summed E-state index contributed by atoms with van der Waals surface area (Å²) in [4.78, 5) is 6.35. The summed E-state index contributed by atoms with van der Waals surface area (Å²) >= 11 is 0. The number of alkyl halides is 3. The first-order chi connectivity index (χ1) is 14.8. The van der Waals surface area contributed by atoms with E-state index >= 15 is 0 Å². The SMILES string of the molecule is CC(C)(C)NS(=O)(=O)c1ccc(OC(F)(F)F)cc1-c1ccc(CN2CCOCC2)cn1. The molecule has 0 amide bonds. The number of rotatable bonds is 6. The molecule has 3 rings (SSSR count). The number of sulfonamides is 1. The predicted molar refractivity (Wildman–Crippen MR) is 113 cm³/mol. The van der Waals surface area contributed by atoms with E-state index in [0.717, 1.165) is 36.9 Å². The van der Waals surface area contributed by atoms with E-state index in [9.17, 15) is 21.6 Å². The van der Waals surface area contributed by atoms with Gasteiger partial charge in [-0.1, -0.05) is 6.07 Å². The van der Waals surface area contributed by atoms with Crippen LogP contribution in [0.5, 0.6) is 5.75 Å². The number of pyridine rings is 1. The van der Waals surface area contributed by atoms with Crippen LogP contribution in [0, 0.1) is 0 Å². The molecule has 11 heteroatoms. The zero-order chi connectivity index (χ0) is 23.6. The van der Waals surface area contributed by atoms with E-state index in [1.807, 2.05) is 0 Å². The molecule has 0 aliphatic carbocycles. The molecule has 1 aromatic heterocycles. The van der Waals surface area contributed by atoms with Gasteiger partial charge in [-0.3, -0.25) is 9.88 Å². The average molecular weight is 474 g/mol. The fourth-order valence-electron chi connectivity index (χ4n) is 3.29. The minimum absolute atomic E-state index is 0.0152. The van der Waals surface area contributed by atoms with Gasteiger partial charge in [-0.2, -0.15) is 0 Å². The highest BCUT2D eigenvalue weighted by molar-refractivity contribution is 7.89. The Labute approximate surface area is 185 Å². The molecule has 0 saturated carbocycles. The topological polar surface area (TPSA) is 80.8 Å². The van der Waals surface area contributed by atoms with Crippen LogP contribution in [0.25, 0.3) is 11.3 Å². The predicted octanol–water partition coefficient (Wildman–Crippen LogP) is 3.56. The van der Waals surface area contributed by atoms with E-state index < -0.39 is 27.7 Å². The van der Waals surface area contributed by atoms with Crippen molar-refractivity contribution in [2.45, 2.75) is 44.1 Å². The summed E-state index contributed by atoms with van der Waals surface area (Å²) in [5, 5.41) is 0. The zero-order valence-corrected chi connectivity index (χ0v) is 18.9. The summed E-state index contributed by atoms with van der Waals surface area (Å²) in [7, 11) is -4.04. The summed E-state index contributed by atoms with van der Waals surface area (Å²) in [6, 6.07) is 6.48. The number of nitrogens with zero attached hydrogens (tertiary/aromatic N) is 2. The van der Waals surface area contributed by atoms with Gasteiger partial charge in [-0.25, -0.2) is 13.1 Å². The molecule has 1 N–H and O–H groups in total. The van der Waals surface area contributed by atoms with Gasteiger partial charge in [0.1, 0.15) is 5.75 Å². The lowest BCUT2D eigenvalue weighted by Crippen LogP contribution is -2.40. The third kappa shape index (κ3) is 6.89. The lowest BCUT2D eigenvalue weighted by Gasteiger charge is -2.26. The second-order valence-corrected chi connectivity index (χ2v) is 10.2. The smallest absolute Gasteiger partial charge is 0.406 e. The minimum Gasteiger partial charge on any atom is -0.406 e. The monoisotopic (exact) mass is 473 g/mol. The molecule has 1 aliphatic heterocycles. The molecule has 32 heavy (non-hydrogen) atoms. The quantitative estimate of drug-likeness (QED) is 0.691. The van der Waals surface area contributed by atoms with E-state index in [2.05, 4.69) is 19.3 Å². The van der Waals surface area contributed by atoms with Gasteiger partial charge in [0.25, 0.3) is 0 Å². The van der Waals surface area contributed by atoms with E-state index in [4.69, 9.17) is 4.74 Å². The maximum absolute atomic E-state index is 12.9. The first-order valence-corrected chi connectivity index (χ1v) is 11.5. The molecule has 2 aromatic rings. The van der Waals surface area contributed by atoms with Crippen LogP contribution in [0.15, 0.2) is 41.4 Å². The summed E-state index contributed by atoms with van der Waals surface area (Å²) < 4.78 is 75.9. The van der Waals surface area contributed by atoms with Crippen LogP contribution in [0.1, 0.15) is 26.3 Å². The molecule has 0 atom stereocenters. The molecule has 0 bridgehead atoms. The van der Waals surface area contributed by atoms with Gasteiger partial charge in [-0.15, -0.1) is 13.2 Å². The third-order valence-electron chi connectivity index (χ3n) is 4.53. The molecular weight excluding hydrogens is 447 g/mol. The Morgan fingerprint density at radius 1 is 1.12 bits per heavy atom. The second kappa shape index (κ2) is 9.34. The number of morpholine rings is 1. The molecule has 0 spiro atoms. The molecule has 1 aliphatic rings. The Morgan fingerprint density at radius 2 is 1.81 bits per heavy atom. The highest BCUT2D eigenvalue weighted by Crippen LogP contribution is 2.33. The van der Waals surface area contributed by atoms with Crippen molar-refractivity contribution in [1.82, 2.24) is 14.6 Å². The van der Waals surface area contributed by atoms with Crippen LogP contribution >= 0.6 is 0 Å². The van der Waals surface area contributed by atoms with Crippen LogP contribution in [-0.4, -0.2) is 56.5 Å². The fourth-order valence-corrected chi connectivity index (χ4v) is 4.91. The third-order valence-corrected chi connectivity index (χ3v) is 6.34. The first-order valence-electron chi connectivity index (χ1n) is 10.0. The molecule has 176 valence electrons. The lowest BCUT2D eigenvalue weighted by atomic mass is 10.1. The number of benzene rings is 1. The van der Waals surface area contributed by atoms with Crippen LogP contribution < -0.4 is 9.46 Å². The summed E-state index contributed by atoms with van der Waals surface area (Å²) in [6.07, 6.45) is -3.31. The van der Waals surface area contributed by atoms with E-state index in [1.165, 1.54) is 0 Å². The van der Waals surface area contributed by atoms with Gasteiger partial charge in [0.15, 0.2) is 0 Å². The zero-order valence-electron chi connectivity index (χ0n) is 18.1. The molecule has 7 nitrogen and oxygen atoms in total. The maximum atomic E-state index is 12.9. The van der Waals surface area contributed by atoms with E-state index in [0.29, 0.717) is 19.8 Å². The number of hydrogen-bond donors (Lipinski definition) is 1. The van der Waals surface area contributed by atoms with Crippen molar-refractivity contribution in [3.63, 3.8) is 0 Å². The van der Waals surface area contributed by atoms with Crippen molar-refractivity contribution in [3.8, 4) is 17.0 Å². The Bertz CT molecular complexity index is 1030. The summed E-state index contributed by atoms with van der Waals surface area (Å²) in [6.45, 7) is 8.54. The second-order valence-electron chi connectivity index (χ2n) is 8.50. The van der Waals surface area contributed by atoms with E-state index in [-0.39, 0.29) is 16.2 Å². The van der Waals surface area contributed by atoms with Gasteiger partial charge in [0.2, 0.25) is 10.0 Å². The molecule has 1 saturated heterocycles. The Morgan fingerprint density at radius 3 is 2.38 bits per heavy atom. The van der Waals surface area contributed by atoms with Crippen LogP contribution in [0.3, 0.4) is 0 Å². The van der Waals surface area contributed by atoms with Gasteiger partial charge < -0.3 is 9.47 Å². The minimum atomic E-state index is -4.91.